The molecule has 2 heterocycles. The van der Waals surface area contributed by atoms with E-state index >= 15 is 0 Å². The average molecular weight is 546 g/mol. The third kappa shape index (κ3) is 12.9. The lowest BCUT2D eigenvalue weighted by Gasteiger charge is -2.21. The quantitative estimate of drug-likeness (QED) is 0.311. The van der Waals surface area contributed by atoms with Gasteiger partial charge in [-0.05, 0) is 94.4 Å². The largest absolute Gasteiger partial charge is 0.412 e. The van der Waals surface area contributed by atoms with Gasteiger partial charge in [0.2, 0.25) is 0 Å². The molecule has 9 nitrogen and oxygen atoms in total. The molecule has 9 heteroatoms. The SMILES string of the molecule is C.CN(CCN)c1ccccc1.Cc1ccc(NO)cc1C.Cc1ccnc(NN2CC[C@@H](N(C)C)C2)c1.O.[HH].[HH]. The molecule has 1 fully saturated rings. The zero-order chi connectivity index (χ0) is 27.2. The number of nitrogens with two attached hydrogens (primary N) is 1. The second kappa shape index (κ2) is 18.9. The number of rotatable bonds is 7. The summed E-state index contributed by atoms with van der Waals surface area (Å²) in [6, 6.07) is 20.7. The molecular formula is C30H55N7O2. The Labute approximate surface area is 238 Å². The summed E-state index contributed by atoms with van der Waals surface area (Å²) in [7, 11) is 6.32. The van der Waals surface area contributed by atoms with Crippen LogP contribution in [0.1, 0.15) is 33.4 Å². The van der Waals surface area contributed by atoms with Gasteiger partial charge in [0.25, 0.3) is 0 Å². The smallest absolute Gasteiger partial charge is 0.140 e. The molecule has 4 rings (SSSR count). The van der Waals surface area contributed by atoms with Crippen molar-refractivity contribution in [3.63, 3.8) is 0 Å². The van der Waals surface area contributed by atoms with Gasteiger partial charge in [0.15, 0.2) is 0 Å². The number of pyridine rings is 1. The van der Waals surface area contributed by atoms with Gasteiger partial charge >= 0.3 is 0 Å². The summed E-state index contributed by atoms with van der Waals surface area (Å²) in [6.07, 6.45) is 3.06. The third-order valence-electron chi connectivity index (χ3n) is 6.38. The first-order chi connectivity index (χ1) is 17.7. The van der Waals surface area contributed by atoms with Crippen LogP contribution in [0.2, 0.25) is 0 Å². The van der Waals surface area contributed by atoms with Crippen LogP contribution in [0.3, 0.4) is 0 Å². The molecule has 222 valence electrons. The number of benzene rings is 2. The highest BCUT2D eigenvalue weighted by Gasteiger charge is 2.23. The fourth-order valence-corrected chi connectivity index (χ4v) is 3.84. The van der Waals surface area contributed by atoms with Crippen LogP contribution in [0.15, 0.2) is 66.9 Å². The minimum absolute atomic E-state index is 0. The van der Waals surface area contributed by atoms with Crippen LogP contribution in [0.25, 0.3) is 0 Å². The van der Waals surface area contributed by atoms with Crippen LogP contribution in [0.4, 0.5) is 17.2 Å². The van der Waals surface area contributed by atoms with Crippen molar-refractivity contribution in [3.05, 3.63) is 83.6 Å². The molecule has 0 unspecified atom stereocenters. The second-order valence-electron chi connectivity index (χ2n) is 9.64. The molecule has 1 saturated heterocycles. The number of hydrogen-bond donors (Lipinski definition) is 4. The summed E-state index contributed by atoms with van der Waals surface area (Å²) in [6.45, 7) is 9.88. The molecule has 1 aliphatic heterocycles. The topological polar surface area (TPSA) is 124 Å². The molecule has 39 heavy (non-hydrogen) atoms. The second-order valence-corrected chi connectivity index (χ2v) is 9.64. The van der Waals surface area contributed by atoms with Crippen molar-refractivity contribution in [3.8, 4) is 0 Å². The first-order valence-corrected chi connectivity index (χ1v) is 12.8. The lowest BCUT2D eigenvalue weighted by Crippen LogP contribution is -2.34. The average Bonchev–Trinajstić information content (AvgIpc) is 3.36. The molecular weight excluding hydrogens is 490 g/mol. The summed E-state index contributed by atoms with van der Waals surface area (Å²) >= 11 is 0. The number of anilines is 3. The Hall–Kier alpha value is -3.21. The molecule has 0 saturated carbocycles. The lowest BCUT2D eigenvalue weighted by atomic mass is 10.1. The number of hydrogen-bond acceptors (Lipinski definition) is 8. The van der Waals surface area contributed by atoms with E-state index in [1.54, 1.807) is 0 Å². The van der Waals surface area contributed by atoms with Gasteiger partial charge in [-0.2, -0.15) is 0 Å². The fraction of sp³-hybridized carbons (Fsp3) is 0.433. The monoisotopic (exact) mass is 545 g/mol. The molecule has 0 spiro atoms. The molecule has 0 aliphatic carbocycles. The van der Waals surface area contributed by atoms with Crippen molar-refractivity contribution < 1.29 is 13.5 Å². The first-order valence-electron chi connectivity index (χ1n) is 12.8. The molecule has 1 aliphatic rings. The molecule has 7 N–H and O–H groups in total. The molecule has 1 aromatic heterocycles. The van der Waals surface area contributed by atoms with Crippen LogP contribution in [0, 0.1) is 20.8 Å². The van der Waals surface area contributed by atoms with Crippen LogP contribution >= 0.6 is 0 Å². The maximum absolute atomic E-state index is 8.50. The van der Waals surface area contributed by atoms with Gasteiger partial charge in [0.05, 0.1) is 5.69 Å². The fourth-order valence-electron chi connectivity index (χ4n) is 3.84. The van der Waals surface area contributed by atoms with Crippen molar-refractivity contribution in [2.24, 2.45) is 5.73 Å². The van der Waals surface area contributed by atoms with Gasteiger partial charge in [-0.15, -0.1) is 0 Å². The third-order valence-corrected chi connectivity index (χ3v) is 6.38. The van der Waals surface area contributed by atoms with E-state index < -0.39 is 0 Å². The highest BCUT2D eigenvalue weighted by Crippen LogP contribution is 2.15. The van der Waals surface area contributed by atoms with E-state index in [9.17, 15) is 0 Å². The van der Waals surface area contributed by atoms with Crippen molar-refractivity contribution >= 4 is 17.2 Å². The minimum atomic E-state index is 0. The Morgan fingerprint density at radius 1 is 1.03 bits per heavy atom. The van der Waals surface area contributed by atoms with Gasteiger partial charge < -0.3 is 26.4 Å². The standard InChI is InChI=1S/C12H20N4.C9H14N2.C8H11NO.CH4.H2O.2H2/c1-10-4-6-13-12(8-10)14-16-7-5-11(9-16)15(2)3;1-11(8-7-10)9-5-3-2-4-6-9;1-6-3-4-8(9-10)5-7(6)2;;;;/h4,6,8,11H,5,7,9H2,1-3H3,(H,13,14);2-6H,7-8,10H2,1H3;3-5,9-10H,1-2H3;1H4;1H2;2*1H/t11-;;;;;;/m1....../s1. The Morgan fingerprint density at radius 2 is 1.72 bits per heavy atom. The first kappa shape index (κ1) is 35.8. The summed E-state index contributed by atoms with van der Waals surface area (Å²) in [5.74, 6) is 0.944. The maximum atomic E-state index is 8.50. The Morgan fingerprint density at radius 3 is 2.26 bits per heavy atom. The van der Waals surface area contributed by atoms with Gasteiger partial charge in [-0.25, -0.2) is 9.99 Å². The molecule has 0 bridgehead atoms. The van der Waals surface area contributed by atoms with Crippen molar-refractivity contribution in [1.82, 2.24) is 14.9 Å². The van der Waals surface area contributed by atoms with Crippen LogP contribution in [-0.4, -0.2) is 78.9 Å². The van der Waals surface area contributed by atoms with E-state index in [0.29, 0.717) is 12.6 Å². The minimum Gasteiger partial charge on any atom is -0.412 e. The van der Waals surface area contributed by atoms with Gasteiger partial charge in [0, 0.05) is 54.0 Å². The number of aromatic nitrogens is 1. The van der Waals surface area contributed by atoms with E-state index in [0.717, 1.165) is 31.1 Å². The predicted molar refractivity (Wildman–Crippen MR) is 171 cm³/mol. The summed E-state index contributed by atoms with van der Waals surface area (Å²) < 4.78 is 0. The number of likely N-dealkylation sites (N-methyl/N-ethyl adjacent to an activating group) is 2. The predicted octanol–water partition coefficient (Wildman–Crippen LogP) is 4.84. The zero-order valence-electron chi connectivity index (χ0n) is 23.8. The number of para-hydroxylation sites is 1. The van der Waals surface area contributed by atoms with Crippen molar-refractivity contribution in [2.45, 2.75) is 40.7 Å². The van der Waals surface area contributed by atoms with E-state index in [4.69, 9.17) is 10.9 Å². The lowest BCUT2D eigenvalue weighted by molar-refractivity contribution is 0.287. The normalized spacial score (nSPS) is 14.0. The van der Waals surface area contributed by atoms with Crippen molar-refractivity contribution in [1.29, 1.82) is 0 Å². The molecule has 0 amide bonds. The van der Waals surface area contributed by atoms with Gasteiger partial charge in [0.1, 0.15) is 5.82 Å². The van der Waals surface area contributed by atoms with Gasteiger partial charge in [-0.1, -0.05) is 31.7 Å². The molecule has 3 aromatic rings. The highest BCUT2D eigenvalue weighted by molar-refractivity contribution is 5.46. The Kier molecular flexibility index (Phi) is 17.4. The molecule has 1 atom stereocenters. The summed E-state index contributed by atoms with van der Waals surface area (Å²) in [5.41, 5.74) is 16.5. The number of hydrazine groups is 1. The van der Waals surface area contributed by atoms with Crippen molar-refractivity contribution in [2.75, 3.05) is 63.1 Å². The van der Waals surface area contributed by atoms with Crippen LogP contribution in [0.5, 0.6) is 0 Å². The Balaban J connectivity index is -0.000000520. The van der Waals surface area contributed by atoms with Crippen LogP contribution in [-0.2, 0) is 0 Å². The van der Waals surface area contributed by atoms with E-state index in [1.165, 1.54) is 28.8 Å². The number of nitrogens with zero attached hydrogens (tertiary/aromatic N) is 4. The van der Waals surface area contributed by atoms with Crippen LogP contribution < -0.4 is 21.5 Å². The number of nitrogens with one attached hydrogen (secondary N) is 2. The maximum Gasteiger partial charge on any atom is 0.140 e. The highest BCUT2D eigenvalue weighted by atomic mass is 16.5. The zero-order valence-corrected chi connectivity index (χ0v) is 23.8. The van der Waals surface area contributed by atoms with E-state index in [-0.39, 0.29) is 15.8 Å². The number of aryl methyl sites for hydroxylation is 3. The Bertz CT molecular complexity index is 1060. The van der Waals surface area contributed by atoms with Gasteiger partial charge in [-0.3, -0.25) is 10.7 Å². The summed E-state index contributed by atoms with van der Waals surface area (Å²) in [4.78, 5) is 8.73. The van der Waals surface area contributed by atoms with E-state index in [2.05, 4.69) is 69.9 Å². The molecule has 0 radical (unpaired) electrons. The molecule has 2 aromatic carbocycles. The van der Waals surface area contributed by atoms with E-state index in [1.807, 2.05) is 69.6 Å². The summed E-state index contributed by atoms with van der Waals surface area (Å²) in [5, 5.41) is 10.7.